The van der Waals surface area contributed by atoms with Crippen LogP contribution in [0.2, 0.25) is 0 Å². The van der Waals surface area contributed by atoms with E-state index in [0.29, 0.717) is 12.6 Å². The number of nitrogens with two attached hydrogens (primary N) is 1. The average Bonchev–Trinajstić information content (AvgIpc) is 2.72. The van der Waals surface area contributed by atoms with Crippen molar-refractivity contribution in [2.24, 2.45) is 5.73 Å². The van der Waals surface area contributed by atoms with Crippen LogP contribution in [-0.4, -0.2) is 42.3 Å². The van der Waals surface area contributed by atoms with Gasteiger partial charge in [-0.3, -0.25) is 4.90 Å². The molecule has 3 heteroatoms. The lowest BCUT2D eigenvalue weighted by Crippen LogP contribution is -2.61. The van der Waals surface area contributed by atoms with Crippen LogP contribution in [0.5, 0.6) is 0 Å². The van der Waals surface area contributed by atoms with Gasteiger partial charge in [0.1, 0.15) is 0 Å². The maximum Gasteiger partial charge on any atom is 0.0743 e. The Morgan fingerprint density at radius 2 is 2.18 bits per heavy atom. The van der Waals surface area contributed by atoms with E-state index in [1.54, 1.807) is 0 Å². The summed E-state index contributed by atoms with van der Waals surface area (Å²) < 4.78 is 5.79. The van der Waals surface area contributed by atoms with Crippen molar-refractivity contribution < 1.29 is 4.74 Å². The predicted octanol–water partition coefficient (Wildman–Crippen LogP) is 2.39. The third kappa shape index (κ3) is 3.01. The van der Waals surface area contributed by atoms with E-state index in [2.05, 4.69) is 32.6 Å². The van der Waals surface area contributed by atoms with Gasteiger partial charge in [0.05, 0.1) is 11.6 Å². The standard InChI is InChI=1S/C14H30N2O/c1-5-7-9-16(12(3)6-2)14(11-15)8-10-17-13(14)4/h12-13H,5-11,15H2,1-4H3. The van der Waals surface area contributed by atoms with Crippen LogP contribution in [0.25, 0.3) is 0 Å². The smallest absolute Gasteiger partial charge is 0.0743 e. The molecule has 17 heavy (non-hydrogen) atoms. The van der Waals surface area contributed by atoms with Crippen LogP contribution in [0.1, 0.15) is 53.4 Å². The molecular formula is C14H30N2O. The van der Waals surface area contributed by atoms with Crippen molar-refractivity contribution in [3.05, 3.63) is 0 Å². The van der Waals surface area contributed by atoms with Crippen molar-refractivity contribution in [3.63, 3.8) is 0 Å². The summed E-state index contributed by atoms with van der Waals surface area (Å²) in [5.74, 6) is 0. The van der Waals surface area contributed by atoms with Gasteiger partial charge in [-0.1, -0.05) is 20.3 Å². The summed E-state index contributed by atoms with van der Waals surface area (Å²) in [6, 6.07) is 0.592. The van der Waals surface area contributed by atoms with Crippen LogP contribution in [0.3, 0.4) is 0 Å². The number of hydrogen-bond donors (Lipinski definition) is 1. The molecule has 0 bridgehead atoms. The zero-order valence-electron chi connectivity index (χ0n) is 12.0. The zero-order chi connectivity index (χ0) is 12.9. The van der Waals surface area contributed by atoms with E-state index < -0.39 is 0 Å². The molecule has 0 aliphatic carbocycles. The van der Waals surface area contributed by atoms with E-state index in [0.717, 1.165) is 19.6 Å². The van der Waals surface area contributed by atoms with Crippen LogP contribution < -0.4 is 5.73 Å². The molecular weight excluding hydrogens is 212 g/mol. The van der Waals surface area contributed by atoms with Crippen LogP contribution in [0, 0.1) is 0 Å². The molecule has 0 saturated carbocycles. The van der Waals surface area contributed by atoms with Gasteiger partial charge in [0.25, 0.3) is 0 Å². The van der Waals surface area contributed by atoms with Crippen molar-refractivity contribution in [1.29, 1.82) is 0 Å². The molecule has 1 saturated heterocycles. The number of unbranched alkanes of at least 4 members (excludes halogenated alkanes) is 1. The number of hydrogen-bond acceptors (Lipinski definition) is 3. The summed E-state index contributed by atoms with van der Waals surface area (Å²) in [6.45, 7) is 11.7. The number of rotatable bonds is 7. The normalized spacial score (nSPS) is 31.1. The lowest BCUT2D eigenvalue weighted by molar-refractivity contribution is -0.00833. The molecule has 1 heterocycles. The predicted molar refractivity (Wildman–Crippen MR) is 73.2 cm³/mol. The summed E-state index contributed by atoms with van der Waals surface area (Å²) in [7, 11) is 0. The second-order valence-electron chi connectivity index (χ2n) is 5.37. The summed E-state index contributed by atoms with van der Waals surface area (Å²) in [4.78, 5) is 2.62. The maximum atomic E-state index is 6.10. The van der Waals surface area contributed by atoms with Crippen LogP contribution in [0.4, 0.5) is 0 Å². The first-order valence-electron chi connectivity index (χ1n) is 7.20. The van der Waals surface area contributed by atoms with E-state index >= 15 is 0 Å². The number of ether oxygens (including phenoxy) is 1. The average molecular weight is 242 g/mol. The van der Waals surface area contributed by atoms with Gasteiger partial charge in [-0.15, -0.1) is 0 Å². The summed E-state index contributed by atoms with van der Waals surface area (Å²) in [6.07, 6.45) is 5.01. The minimum Gasteiger partial charge on any atom is -0.376 e. The Balaban J connectivity index is 2.84. The minimum absolute atomic E-state index is 0.0740. The monoisotopic (exact) mass is 242 g/mol. The molecule has 3 atom stereocenters. The highest BCUT2D eigenvalue weighted by Gasteiger charge is 2.46. The highest BCUT2D eigenvalue weighted by Crippen LogP contribution is 2.33. The van der Waals surface area contributed by atoms with Crippen molar-refractivity contribution >= 4 is 0 Å². The molecule has 1 rings (SSSR count). The second kappa shape index (κ2) is 6.72. The molecule has 0 radical (unpaired) electrons. The van der Waals surface area contributed by atoms with Crippen LogP contribution in [0.15, 0.2) is 0 Å². The van der Waals surface area contributed by atoms with E-state index in [1.165, 1.54) is 19.3 Å². The Bertz CT molecular complexity index is 222. The fraction of sp³-hybridized carbons (Fsp3) is 1.00. The molecule has 1 fully saturated rings. The van der Waals surface area contributed by atoms with Gasteiger partial charge < -0.3 is 10.5 Å². The molecule has 0 aromatic rings. The van der Waals surface area contributed by atoms with Crippen molar-refractivity contribution in [2.75, 3.05) is 19.7 Å². The lowest BCUT2D eigenvalue weighted by atomic mass is 9.87. The lowest BCUT2D eigenvalue weighted by Gasteiger charge is -2.46. The maximum absolute atomic E-state index is 6.10. The number of nitrogens with zero attached hydrogens (tertiary/aromatic N) is 1. The molecule has 2 N–H and O–H groups in total. The third-order valence-corrected chi connectivity index (χ3v) is 4.46. The van der Waals surface area contributed by atoms with Crippen molar-refractivity contribution in [3.8, 4) is 0 Å². The second-order valence-corrected chi connectivity index (χ2v) is 5.37. The van der Waals surface area contributed by atoms with E-state index in [4.69, 9.17) is 10.5 Å². The highest BCUT2D eigenvalue weighted by atomic mass is 16.5. The SMILES string of the molecule is CCCCN(C(C)CC)C1(CN)CCOC1C. The summed E-state index contributed by atoms with van der Waals surface area (Å²) >= 11 is 0. The van der Waals surface area contributed by atoms with E-state index in [1.807, 2.05) is 0 Å². The Labute approximate surface area is 107 Å². The van der Waals surface area contributed by atoms with Gasteiger partial charge in [0, 0.05) is 19.2 Å². The molecule has 1 aliphatic rings. The van der Waals surface area contributed by atoms with Crippen molar-refractivity contribution in [1.82, 2.24) is 4.90 Å². The molecule has 102 valence electrons. The fourth-order valence-electron chi connectivity index (χ4n) is 2.96. The molecule has 1 aliphatic heterocycles. The van der Waals surface area contributed by atoms with Gasteiger partial charge in [-0.25, -0.2) is 0 Å². The quantitative estimate of drug-likeness (QED) is 0.745. The Morgan fingerprint density at radius 1 is 1.47 bits per heavy atom. The molecule has 3 unspecified atom stereocenters. The fourth-order valence-corrected chi connectivity index (χ4v) is 2.96. The van der Waals surface area contributed by atoms with Crippen LogP contribution in [-0.2, 0) is 4.74 Å². The van der Waals surface area contributed by atoms with Crippen LogP contribution >= 0.6 is 0 Å². The largest absolute Gasteiger partial charge is 0.376 e. The topological polar surface area (TPSA) is 38.5 Å². The van der Waals surface area contributed by atoms with Gasteiger partial charge >= 0.3 is 0 Å². The molecule has 0 aromatic carbocycles. The van der Waals surface area contributed by atoms with Gasteiger partial charge in [0.15, 0.2) is 0 Å². The molecule has 3 nitrogen and oxygen atoms in total. The van der Waals surface area contributed by atoms with E-state index in [9.17, 15) is 0 Å². The first kappa shape index (κ1) is 14.9. The third-order valence-electron chi connectivity index (χ3n) is 4.46. The molecule has 0 spiro atoms. The first-order valence-corrected chi connectivity index (χ1v) is 7.20. The zero-order valence-corrected chi connectivity index (χ0v) is 12.0. The molecule has 0 aromatic heterocycles. The first-order chi connectivity index (χ1) is 8.12. The highest BCUT2D eigenvalue weighted by molar-refractivity contribution is 5.01. The Morgan fingerprint density at radius 3 is 2.59 bits per heavy atom. The molecule has 0 amide bonds. The van der Waals surface area contributed by atoms with E-state index in [-0.39, 0.29) is 11.6 Å². The Kier molecular flexibility index (Phi) is 5.90. The summed E-state index contributed by atoms with van der Waals surface area (Å²) in [5.41, 5.74) is 6.18. The summed E-state index contributed by atoms with van der Waals surface area (Å²) in [5, 5.41) is 0. The Hall–Kier alpha value is -0.120. The van der Waals surface area contributed by atoms with Gasteiger partial charge in [-0.2, -0.15) is 0 Å². The minimum atomic E-state index is 0.0740. The van der Waals surface area contributed by atoms with Gasteiger partial charge in [-0.05, 0) is 39.7 Å². The van der Waals surface area contributed by atoms with Gasteiger partial charge in [0.2, 0.25) is 0 Å². The van der Waals surface area contributed by atoms with Crippen molar-refractivity contribution in [2.45, 2.75) is 71.1 Å².